The van der Waals surface area contributed by atoms with Crippen LogP contribution in [-0.2, 0) is 0 Å². The van der Waals surface area contributed by atoms with Gasteiger partial charge in [0.2, 0.25) is 0 Å². The van der Waals surface area contributed by atoms with Gasteiger partial charge < -0.3 is 3.11 Å². The molecular weight excluding hydrogens is 285 g/mol. The number of halogens is 1. The summed E-state index contributed by atoms with van der Waals surface area (Å²) in [6.07, 6.45) is 0. The summed E-state index contributed by atoms with van der Waals surface area (Å²) < 4.78 is 2.08. The molecule has 0 aromatic heterocycles. The van der Waals surface area contributed by atoms with E-state index < -0.39 is 0 Å². The van der Waals surface area contributed by atoms with Crippen molar-refractivity contribution in [1.29, 1.82) is 0 Å². The zero-order valence-corrected chi connectivity index (χ0v) is 10.5. The molecular formula is C12H14IN. The Hall–Kier alpha value is -0.770. The molecule has 0 radical (unpaired) electrons. The molecule has 0 saturated carbocycles. The summed E-state index contributed by atoms with van der Waals surface area (Å²) in [6.45, 7) is 10.8. The second-order valence-corrected chi connectivity index (χ2v) is 4.45. The number of hydrogen-bond donors (Lipinski definition) is 0. The van der Waals surface area contributed by atoms with Crippen LogP contribution in [0.3, 0.4) is 0 Å². The molecule has 0 atom stereocenters. The standard InChI is InChI=1S/C12H14IN/c1-10(2)9-14(13)11(3)12-7-5-4-6-8-12/h4-8H,1,3,9H2,2H3. The van der Waals surface area contributed by atoms with Crippen molar-refractivity contribution in [3.05, 3.63) is 54.6 Å². The molecule has 1 aromatic carbocycles. The van der Waals surface area contributed by atoms with Crippen molar-refractivity contribution >= 4 is 28.6 Å². The first-order chi connectivity index (χ1) is 6.61. The topological polar surface area (TPSA) is 3.24 Å². The third-order valence-corrected chi connectivity index (χ3v) is 2.73. The van der Waals surface area contributed by atoms with Crippen molar-refractivity contribution in [3.8, 4) is 0 Å². The maximum absolute atomic E-state index is 4.06. The quantitative estimate of drug-likeness (QED) is 0.463. The molecule has 1 rings (SSSR count). The van der Waals surface area contributed by atoms with Crippen molar-refractivity contribution in [2.24, 2.45) is 0 Å². The minimum absolute atomic E-state index is 0.842. The van der Waals surface area contributed by atoms with Crippen molar-refractivity contribution < 1.29 is 0 Å². The summed E-state index contributed by atoms with van der Waals surface area (Å²) in [4.78, 5) is 0. The summed E-state index contributed by atoms with van der Waals surface area (Å²) in [7, 11) is 0. The van der Waals surface area contributed by atoms with E-state index in [1.807, 2.05) is 25.1 Å². The fourth-order valence-electron chi connectivity index (χ4n) is 1.10. The largest absolute Gasteiger partial charge is 0.311 e. The smallest absolute Gasteiger partial charge is 0.0594 e. The van der Waals surface area contributed by atoms with Crippen LogP contribution in [0.1, 0.15) is 12.5 Å². The molecule has 0 bridgehead atoms. The molecule has 0 N–H and O–H groups in total. The highest BCUT2D eigenvalue weighted by molar-refractivity contribution is 14.1. The fourth-order valence-corrected chi connectivity index (χ4v) is 1.96. The van der Waals surface area contributed by atoms with Gasteiger partial charge in [-0.3, -0.25) is 0 Å². The lowest BCUT2D eigenvalue weighted by atomic mass is 10.2. The lowest BCUT2D eigenvalue weighted by Gasteiger charge is -2.19. The van der Waals surface area contributed by atoms with Crippen molar-refractivity contribution in [2.75, 3.05) is 6.54 Å². The Morgan fingerprint density at radius 2 is 1.86 bits per heavy atom. The van der Waals surface area contributed by atoms with Crippen LogP contribution in [0.2, 0.25) is 0 Å². The van der Waals surface area contributed by atoms with E-state index in [1.165, 1.54) is 0 Å². The average Bonchev–Trinajstić information content (AvgIpc) is 2.17. The average molecular weight is 299 g/mol. The van der Waals surface area contributed by atoms with E-state index in [1.54, 1.807) is 0 Å². The summed E-state index contributed by atoms with van der Waals surface area (Å²) in [5.74, 6) is 0. The van der Waals surface area contributed by atoms with E-state index in [0.717, 1.165) is 23.4 Å². The normalized spacial score (nSPS) is 9.57. The summed E-state index contributed by atoms with van der Waals surface area (Å²) in [6, 6.07) is 10.2. The van der Waals surface area contributed by atoms with E-state index in [9.17, 15) is 0 Å². The van der Waals surface area contributed by atoms with E-state index in [4.69, 9.17) is 0 Å². The van der Waals surface area contributed by atoms with E-state index >= 15 is 0 Å². The highest BCUT2D eigenvalue weighted by Gasteiger charge is 2.05. The van der Waals surface area contributed by atoms with Crippen LogP contribution in [-0.4, -0.2) is 9.66 Å². The zero-order valence-electron chi connectivity index (χ0n) is 8.33. The van der Waals surface area contributed by atoms with Crippen LogP contribution in [0.5, 0.6) is 0 Å². The molecule has 0 heterocycles. The van der Waals surface area contributed by atoms with E-state index in [0.29, 0.717) is 0 Å². The Balaban J connectivity index is 2.71. The maximum Gasteiger partial charge on any atom is 0.0594 e. The molecule has 0 amide bonds. The second-order valence-electron chi connectivity index (χ2n) is 3.29. The van der Waals surface area contributed by atoms with Gasteiger partial charge in [0.15, 0.2) is 0 Å². The van der Waals surface area contributed by atoms with Crippen LogP contribution < -0.4 is 0 Å². The highest BCUT2D eigenvalue weighted by atomic mass is 127. The molecule has 14 heavy (non-hydrogen) atoms. The van der Waals surface area contributed by atoms with Crippen molar-refractivity contribution in [3.63, 3.8) is 0 Å². The number of nitrogens with zero attached hydrogens (tertiary/aromatic N) is 1. The van der Waals surface area contributed by atoms with Crippen molar-refractivity contribution in [2.45, 2.75) is 6.92 Å². The van der Waals surface area contributed by atoms with Gasteiger partial charge in [-0.15, -0.1) is 0 Å². The number of rotatable bonds is 4. The summed E-state index contributed by atoms with van der Waals surface area (Å²) in [5.41, 5.74) is 3.31. The Kier molecular flexibility index (Phi) is 4.20. The van der Waals surface area contributed by atoms with E-state index in [-0.39, 0.29) is 0 Å². The van der Waals surface area contributed by atoms with Crippen LogP contribution in [0.15, 0.2) is 49.1 Å². The molecule has 0 aliphatic rings. The number of hydrogen-bond acceptors (Lipinski definition) is 1. The Morgan fingerprint density at radius 3 is 2.36 bits per heavy atom. The van der Waals surface area contributed by atoms with Crippen LogP contribution in [0.4, 0.5) is 0 Å². The van der Waals surface area contributed by atoms with Crippen LogP contribution in [0.25, 0.3) is 5.70 Å². The lowest BCUT2D eigenvalue weighted by molar-refractivity contribution is 0.754. The van der Waals surface area contributed by atoms with Gasteiger partial charge in [0, 0.05) is 12.2 Å². The first kappa shape index (κ1) is 11.3. The van der Waals surface area contributed by atoms with Gasteiger partial charge in [-0.05, 0) is 12.5 Å². The maximum atomic E-state index is 4.06. The first-order valence-corrected chi connectivity index (χ1v) is 5.40. The van der Waals surface area contributed by atoms with Crippen LogP contribution in [0, 0.1) is 0 Å². The van der Waals surface area contributed by atoms with Gasteiger partial charge in [-0.1, -0.05) is 49.1 Å². The molecule has 0 aliphatic heterocycles. The van der Waals surface area contributed by atoms with Gasteiger partial charge in [-0.25, -0.2) is 0 Å². The molecule has 2 heteroatoms. The molecule has 0 unspecified atom stereocenters. The fraction of sp³-hybridized carbons (Fsp3) is 0.167. The third-order valence-electron chi connectivity index (χ3n) is 1.81. The highest BCUT2D eigenvalue weighted by Crippen LogP contribution is 2.21. The van der Waals surface area contributed by atoms with Gasteiger partial charge >= 0.3 is 0 Å². The summed E-state index contributed by atoms with van der Waals surface area (Å²) >= 11 is 2.26. The molecule has 0 saturated heterocycles. The monoisotopic (exact) mass is 299 g/mol. The van der Waals surface area contributed by atoms with Gasteiger partial charge in [0.05, 0.1) is 22.9 Å². The summed E-state index contributed by atoms with van der Waals surface area (Å²) in [5, 5.41) is 0. The second kappa shape index (κ2) is 5.20. The third kappa shape index (κ3) is 3.18. The predicted molar refractivity (Wildman–Crippen MR) is 71.0 cm³/mol. The number of benzene rings is 1. The first-order valence-electron chi connectivity index (χ1n) is 4.43. The Labute approximate surface area is 99.6 Å². The van der Waals surface area contributed by atoms with E-state index in [2.05, 4.69) is 51.3 Å². The van der Waals surface area contributed by atoms with Gasteiger partial charge in [0.1, 0.15) is 0 Å². The Bertz CT molecular complexity index is 329. The van der Waals surface area contributed by atoms with Gasteiger partial charge in [0.25, 0.3) is 0 Å². The molecule has 1 aromatic rings. The minimum Gasteiger partial charge on any atom is -0.311 e. The SMILES string of the molecule is C=C(C)CN(I)C(=C)c1ccccc1. The molecule has 0 fully saturated rings. The Morgan fingerprint density at radius 1 is 1.29 bits per heavy atom. The van der Waals surface area contributed by atoms with Gasteiger partial charge in [-0.2, -0.15) is 0 Å². The molecule has 0 spiro atoms. The minimum atomic E-state index is 0.842. The predicted octanol–water partition coefficient (Wildman–Crippen LogP) is 3.89. The van der Waals surface area contributed by atoms with Crippen LogP contribution >= 0.6 is 22.9 Å². The molecule has 0 aliphatic carbocycles. The molecule has 1 nitrogen and oxygen atoms in total. The zero-order chi connectivity index (χ0) is 10.6. The molecule has 74 valence electrons. The van der Waals surface area contributed by atoms with Crippen molar-refractivity contribution in [1.82, 2.24) is 3.11 Å². The lowest BCUT2D eigenvalue weighted by Crippen LogP contribution is -2.10.